The highest BCUT2D eigenvalue weighted by molar-refractivity contribution is 5.25. The lowest BCUT2D eigenvalue weighted by molar-refractivity contribution is -0.0529. The lowest BCUT2D eigenvalue weighted by Crippen LogP contribution is -2.50. The first-order chi connectivity index (χ1) is 17.3. The monoisotopic (exact) mass is 497 g/mol. The third-order valence-electron chi connectivity index (χ3n) is 12.6. The van der Waals surface area contributed by atoms with Gasteiger partial charge in [0.15, 0.2) is 0 Å². The summed E-state index contributed by atoms with van der Waals surface area (Å²) in [6.07, 6.45) is 30.9. The Balaban J connectivity index is 1.31. The van der Waals surface area contributed by atoms with Crippen LogP contribution in [0.2, 0.25) is 0 Å². The zero-order valence-corrected chi connectivity index (χ0v) is 25.6. The summed E-state index contributed by atoms with van der Waals surface area (Å²) in [5.74, 6) is 6.78. The van der Waals surface area contributed by atoms with E-state index in [-0.39, 0.29) is 0 Å². The molecule has 0 N–H and O–H groups in total. The SMILES string of the molecule is CCCCCCCCCC1CCC2(C)C(=CCC3C2CCC2(C)C(C(C)CCCC(C)C)CCC32)C1. The molecule has 4 aliphatic carbocycles. The van der Waals surface area contributed by atoms with Gasteiger partial charge in [-0.25, -0.2) is 0 Å². The van der Waals surface area contributed by atoms with Gasteiger partial charge in [-0.15, -0.1) is 0 Å². The summed E-state index contributed by atoms with van der Waals surface area (Å²) >= 11 is 0. The number of unbranched alkanes of at least 4 members (excludes halogenated alkanes) is 6. The van der Waals surface area contributed by atoms with Crippen LogP contribution in [0.5, 0.6) is 0 Å². The van der Waals surface area contributed by atoms with E-state index >= 15 is 0 Å². The van der Waals surface area contributed by atoms with Crippen molar-refractivity contribution in [1.29, 1.82) is 0 Å². The van der Waals surface area contributed by atoms with Crippen LogP contribution in [0.1, 0.15) is 164 Å². The first kappa shape index (κ1) is 28.7. The maximum absolute atomic E-state index is 2.82. The van der Waals surface area contributed by atoms with Gasteiger partial charge in [-0.1, -0.05) is 124 Å². The molecule has 208 valence electrons. The molecule has 0 heterocycles. The Labute approximate surface area is 227 Å². The normalized spacial score (nSPS) is 38.9. The second kappa shape index (κ2) is 12.7. The lowest BCUT2D eigenvalue weighted by Gasteiger charge is -2.58. The summed E-state index contributed by atoms with van der Waals surface area (Å²) in [5.41, 5.74) is 3.10. The average molecular weight is 497 g/mol. The predicted molar refractivity (Wildman–Crippen MR) is 159 cm³/mol. The van der Waals surface area contributed by atoms with Gasteiger partial charge in [0.25, 0.3) is 0 Å². The van der Waals surface area contributed by atoms with Crippen molar-refractivity contribution in [2.75, 3.05) is 0 Å². The smallest absolute Gasteiger partial charge is 0.00851 e. The summed E-state index contributed by atoms with van der Waals surface area (Å²) in [6, 6.07) is 0. The summed E-state index contributed by atoms with van der Waals surface area (Å²) in [6.45, 7) is 15.2. The van der Waals surface area contributed by atoms with E-state index in [4.69, 9.17) is 0 Å². The largest absolute Gasteiger partial charge is 0.0845 e. The highest BCUT2D eigenvalue weighted by Crippen LogP contribution is 2.67. The van der Waals surface area contributed by atoms with Crippen LogP contribution in [0.15, 0.2) is 11.6 Å². The zero-order valence-electron chi connectivity index (χ0n) is 25.6. The van der Waals surface area contributed by atoms with Crippen LogP contribution in [-0.2, 0) is 0 Å². The lowest BCUT2D eigenvalue weighted by atomic mass is 9.46. The molecule has 8 atom stereocenters. The van der Waals surface area contributed by atoms with E-state index in [2.05, 4.69) is 47.6 Å². The van der Waals surface area contributed by atoms with Crippen molar-refractivity contribution in [3.05, 3.63) is 11.6 Å². The second-order valence-corrected chi connectivity index (χ2v) is 15.3. The molecule has 36 heavy (non-hydrogen) atoms. The van der Waals surface area contributed by atoms with Crippen LogP contribution in [0.4, 0.5) is 0 Å². The summed E-state index contributed by atoms with van der Waals surface area (Å²) in [4.78, 5) is 0. The third-order valence-corrected chi connectivity index (χ3v) is 12.6. The molecular weight excluding hydrogens is 432 g/mol. The number of allylic oxidation sites excluding steroid dienone is 2. The molecule has 0 saturated heterocycles. The van der Waals surface area contributed by atoms with Gasteiger partial charge in [0.2, 0.25) is 0 Å². The molecule has 0 spiro atoms. The van der Waals surface area contributed by atoms with Crippen molar-refractivity contribution in [2.45, 2.75) is 164 Å². The fourth-order valence-electron chi connectivity index (χ4n) is 10.4. The molecule has 4 aliphatic rings. The van der Waals surface area contributed by atoms with Crippen LogP contribution < -0.4 is 0 Å². The van der Waals surface area contributed by atoms with Crippen molar-refractivity contribution in [1.82, 2.24) is 0 Å². The van der Waals surface area contributed by atoms with Crippen LogP contribution in [0, 0.1) is 52.3 Å². The fourth-order valence-corrected chi connectivity index (χ4v) is 10.4. The second-order valence-electron chi connectivity index (χ2n) is 15.3. The van der Waals surface area contributed by atoms with Gasteiger partial charge in [0.05, 0.1) is 0 Å². The molecule has 0 radical (unpaired) electrons. The molecular formula is C36H64. The minimum atomic E-state index is 0.544. The Bertz CT molecular complexity index is 701. The quantitative estimate of drug-likeness (QED) is 0.176. The molecule has 0 aliphatic heterocycles. The van der Waals surface area contributed by atoms with Gasteiger partial charge in [0.1, 0.15) is 0 Å². The third kappa shape index (κ3) is 6.14. The van der Waals surface area contributed by atoms with Gasteiger partial charge >= 0.3 is 0 Å². The Hall–Kier alpha value is -0.260. The summed E-state index contributed by atoms with van der Waals surface area (Å²) in [5, 5.41) is 0. The Kier molecular flexibility index (Phi) is 10.2. The fraction of sp³-hybridized carbons (Fsp3) is 0.944. The van der Waals surface area contributed by atoms with Gasteiger partial charge in [-0.3, -0.25) is 0 Å². The Morgan fingerprint density at radius 1 is 0.806 bits per heavy atom. The molecule has 0 aromatic carbocycles. The van der Waals surface area contributed by atoms with E-state index in [9.17, 15) is 0 Å². The highest BCUT2D eigenvalue weighted by atomic mass is 14.6. The van der Waals surface area contributed by atoms with Crippen molar-refractivity contribution < 1.29 is 0 Å². The molecule has 0 aromatic rings. The Morgan fingerprint density at radius 3 is 2.31 bits per heavy atom. The minimum absolute atomic E-state index is 0.544. The number of fused-ring (bicyclic) bond motifs is 5. The van der Waals surface area contributed by atoms with Gasteiger partial charge in [-0.2, -0.15) is 0 Å². The molecule has 4 rings (SSSR count). The Morgan fingerprint density at radius 2 is 1.56 bits per heavy atom. The van der Waals surface area contributed by atoms with Gasteiger partial charge < -0.3 is 0 Å². The summed E-state index contributed by atoms with van der Waals surface area (Å²) in [7, 11) is 0. The van der Waals surface area contributed by atoms with E-state index in [1.54, 1.807) is 0 Å². The number of hydrogen-bond acceptors (Lipinski definition) is 0. The van der Waals surface area contributed by atoms with Crippen LogP contribution in [0.3, 0.4) is 0 Å². The average Bonchev–Trinajstić information content (AvgIpc) is 3.20. The summed E-state index contributed by atoms with van der Waals surface area (Å²) < 4.78 is 0. The van der Waals surface area contributed by atoms with Crippen LogP contribution in [0.25, 0.3) is 0 Å². The van der Waals surface area contributed by atoms with E-state index in [0.717, 1.165) is 41.4 Å². The molecule has 0 nitrogen and oxygen atoms in total. The molecule has 0 aromatic heterocycles. The van der Waals surface area contributed by atoms with Crippen LogP contribution >= 0.6 is 0 Å². The van der Waals surface area contributed by atoms with Crippen molar-refractivity contribution in [3.8, 4) is 0 Å². The molecule has 8 unspecified atom stereocenters. The van der Waals surface area contributed by atoms with E-state index in [1.165, 1.54) is 122 Å². The zero-order chi connectivity index (χ0) is 25.8. The van der Waals surface area contributed by atoms with Crippen molar-refractivity contribution >= 4 is 0 Å². The topological polar surface area (TPSA) is 0 Å². The molecule has 0 amide bonds. The first-order valence-electron chi connectivity index (χ1n) is 17.0. The molecule has 0 bridgehead atoms. The first-order valence-corrected chi connectivity index (χ1v) is 17.0. The minimum Gasteiger partial charge on any atom is -0.0845 e. The van der Waals surface area contributed by atoms with E-state index in [1.807, 2.05) is 5.57 Å². The maximum Gasteiger partial charge on any atom is -0.00851 e. The van der Waals surface area contributed by atoms with E-state index in [0.29, 0.717) is 10.8 Å². The maximum atomic E-state index is 2.82. The highest BCUT2D eigenvalue weighted by Gasteiger charge is 2.59. The van der Waals surface area contributed by atoms with Crippen molar-refractivity contribution in [2.24, 2.45) is 52.3 Å². The van der Waals surface area contributed by atoms with Gasteiger partial charge in [-0.05, 0) is 104 Å². The predicted octanol–water partition coefficient (Wildman–Crippen LogP) is 11.8. The van der Waals surface area contributed by atoms with Crippen molar-refractivity contribution in [3.63, 3.8) is 0 Å². The number of rotatable bonds is 13. The van der Waals surface area contributed by atoms with Gasteiger partial charge in [0, 0.05) is 0 Å². The van der Waals surface area contributed by atoms with Crippen LogP contribution in [-0.4, -0.2) is 0 Å². The number of hydrogen-bond donors (Lipinski definition) is 0. The molecule has 3 fully saturated rings. The van der Waals surface area contributed by atoms with E-state index < -0.39 is 0 Å². The molecule has 3 saturated carbocycles. The molecule has 0 heteroatoms. The standard InChI is InChI=1S/C36H64/c1-7-8-9-10-11-12-13-17-29-22-24-35(5)30(26-29)18-19-31-33-21-20-32(28(4)16-14-15-27(2)3)36(33,6)25-23-34(31)35/h18,27-29,31-34H,7-17,19-26H2,1-6H3.